The lowest BCUT2D eigenvalue weighted by atomic mass is 9.85. The molecule has 1 aliphatic heterocycles. The molecule has 2 aromatic carbocycles. The Kier molecular flexibility index (Phi) is 16.1. The van der Waals surface area contributed by atoms with E-state index in [4.69, 9.17) is 0 Å². The molecule has 9 nitrogen and oxygen atoms in total. The SMILES string of the molecule is CN[C@@H](C)C(=O)N[C@H](C(=O)N1CCC[C@H]1CN(CCc1ccccc1)C(=O)CCCCCCC(=O)NCCc1ccccc1)C(C)(C)C. The Morgan fingerprint density at radius 1 is 0.875 bits per heavy atom. The van der Waals surface area contributed by atoms with Gasteiger partial charge in [-0.15, -0.1) is 0 Å². The summed E-state index contributed by atoms with van der Waals surface area (Å²) in [5, 5.41) is 8.96. The number of nitrogens with zero attached hydrogens (tertiary/aromatic N) is 2. The molecule has 1 aliphatic rings. The third-order valence-electron chi connectivity index (χ3n) is 9.31. The predicted molar refractivity (Wildman–Crippen MR) is 192 cm³/mol. The number of carbonyl (C=O) groups excluding carboxylic acids is 4. The van der Waals surface area contributed by atoms with Gasteiger partial charge in [-0.05, 0) is 69.0 Å². The first-order valence-corrected chi connectivity index (χ1v) is 17.9. The van der Waals surface area contributed by atoms with Gasteiger partial charge < -0.3 is 25.8 Å². The lowest BCUT2D eigenvalue weighted by Gasteiger charge is -2.37. The molecular weight excluding hydrogens is 602 g/mol. The van der Waals surface area contributed by atoms with Gasteiger partial charge in [0.15, 0.2) is 0 Å². The van der Waals surface area contributed by atoms with Crippen molar-refractivity contribution in [3.05, 3.63) is 71.8 Å². The highest BCUT2D eigenvalue weighted by atomic mass is 16.2. The van der Waals surface area contributed by atoms with Crippen LogP contribution in [-0.4, -0.2) is 84.8 Å². The minimum atomic E-state index is -0.666. The Morgan fingerprint density at radius 2 is 1.48 bits per heavy atom. The van der Waals surface area contributed by atoms with Crippen molar-refractivity contribution < 1.29 is 19.2 Å². The third-order valence-corrected chi connectivity index (χ3v) is 9.31. The minimum Gasteiger partial charge on any atom is -0.356 e. The topological polar surface area (TPSA) is 111 Å². The molecule has 48 heavy (non-hydrogen) atoms. The van der Waals surface area contributed by atoms with E-state index < -0.39 is 17.5 Å². The third kappa shape index (κ3) is 13.1. The number of hydrogen-bond donors (Lipinski definition) is 3. The van der Waals surface area contributed by atoms with Crippen LogP contribution in [0.1, 0.15) is 90.2 Å². The predicted octanol–water partition coefficient (Wildman–Crippen LogP) is 4.89. The number of amides is 4. The van der Waals surface area contributed by atoms with Crippen LogP contribution in [0.3, 0.4) is 0 Å². The van der Waals surface area contributed by atoms with Gasteiger partial charge in [-0.2, -0.15) is 0 Å². The van der Waals surface area contributed by atoms with Crippen LogP contribution >= 0.6 is 0 Å². The van der Waals surface area contributed by atoms with Crippen LogP contribution in [0.5, 0.6) is 0 Å². The Labute approximate surface area is 288 Å². The van der Waals surface area contributed by atoms with E-state index in [0.717, 1.165) is 51.4 Å². The van der Waals surface area contributed by atoms with Crippen molar-refractivity contribution >= 4 is 23.6 Å². The fourth-order valence-corrected chi connectivity index (χ4v) is 6.16. The average molecular weight is 662 g/mol. The van der Waals surface area contributed by atoms with Crippen LogP contribution in [-0.2, 0) is 32.0 Å². The van der Waals surface area contributed by atoms with Gasteiger partial charge in [0.25, 0.3) is 0 Å². The van der Waals surface area contributed by atoms with E-state index in [0.29, 0.717) is 39.0 Å². The molecule has 0 radical (unpaired) electrons. The molecule has 0 aliphatic carbocycles. The van der Waals surface area contributed by atoms with Crippen molar-refractivity contribution in [3.63, 3.8) is 0 Å². The number of nitrogens with one attached hydrogen (secondary N) is 3. The molecule has 4 amide bonds. The van der Waals surface area contributed by atoms with Crippen molar-refractivity contribution in [1.82, 2.24) is 25.8 Å². The summed E-state index contributed by atoms with van der Waals surface area (Å²) in [6, 6.07) is 19.1. The van der Waals surface area contributed by atoms with Crippen molar-refractivity contribution in [2.75, 3.05) is 33.2 Å². The lowest BCUT2D eigenvalue weighted by molar-refractivity contribution is -0.142. The first-order valence-electron chi connectivity index (χ1n) is 17.9. The molecule has 264 valence electrons. The van der Waals surface area contributed by atoms with E-state index in [1.165, 1.54) is 11.1 Å². The van der Waals surface area contributed by atoms with Gasteiger partial charge in [0.1, 0.15) is 6.04 Å². The summed E-state index contributed by atoms with van der Waals surface area (Å²) in [5.41, 5.74) is 1.91. The first kappa shape index (κ1) is 38.7. The molecule has 9 heteroatoms. The molecule has 0 bridgehead atoms. The summed E-state index contributed by atoms with van der Waals surface area (Å²) in [6.45, 7) is 10.0. The molecule has 3 atom stereocenters. The second kappa shape index (κ2) is 19.9. The van der Waals surface area contributed by atoms with Crippen molar-refractivity contribution in [2.24, 2.45) is 5.41 Å². The maximum atomic E-state index is 14.0. The number of rotatable bonds is 19. The average Bonchev–Trinajstić information content (AvgIpc) is 3.54. The van der Waals surface area contributed by atoms with Gasteiger partial charge in [0.2, 0.25) is 23.6 Å². The molecule has 3 rings (SSSR count). The zero-order chi connectivity index (χ0) is 34.9. The van der Waals surface area contributed by atoms with E-state index >= 15 is 0 Å². The van der Waals surface area contributed by atoms with Crippen molar-refractivity contribution in [3.8, 4) is 0 Å². The van der Waals surface area contributed by atoms with Crippen molar-refractivity contribution in [1.29, 1.82) is 0 Å². The molecule has 1 heterocycles. The molecular formula is C39H59N5O4. The van der Waals surface area contributed by atoms with E-state index in [9.17, 15) is 19.2 Å². The minimum absolute atomic E-state index is 0.0783. The maximum absolute atomic E-state index is 14.0. The summed E-state index contributed by atoms with van der Waals surface area (Å²) in [5.74, 6) is -0.104. The number of benzene rings is 2. The highest BCUT2D eigenvalue weighted by Crippen LogP contribution is 2.27. The van der Waals surface area contributed by atoms with Crippen LogP contribution in [0, 0.1) is 5.41 Å². The van der Waals surface area contributed by atoms with Crippen LogP contribution < -0.4 is 16.0 Å². The summed E-state index contributed by atoms with van der Waals surface area (Å²) in [7, 11) is 1.73. The molecule has 0 aromatic heterocycles. The highest BCUT2D eigenvalue weighted by molar-refractivity contribution is 5.90. The fourth-order valence-electron chi connectivity index (χ4n) is 6.16. The quantitative estimate of drug-likeness (QED) is 0.186. The van der Waals surface area contributed by atoms with Gasteiger partial charge in [-0.1, -0.05) is 94.3 Å². The second-order valence-electron chi connectivity index (χ2n) is 14.2. The van der Waals surface area contributed by atoms with Crippen LogP contribution in [0.15, 0.2) is 60.7 Å². The largest absolute Gasteiger partial charge is 0.356 e. The van der Waals surface area contributed by atoms with E-state index in [-0.39, 0.29) is 29.7 Å². The van der Waals surface area contributed by atoms with Crippen LogP contribution in [0.25, 0.3) is 0 Å². The maximum Gasteiger partial charge on any atom is 0.246 e. The number of likely N-dealkylation sites (tertiary alicyclic amines) is 1. The Morgan fingerprint density at radius 3 is 2.08 bits per heavy atom. The lowest BCUT2D eigenvalue weighted by Crippen LogP contribution is -2.59. The Hall–Kier alpha value is -3.72. The van der Waals surface area contributed by atoms with E-state index in [2.05, 4.69) is 40.2 Å². The number of carbonyl (C=O) groups is 4. The standard InChI is InChI=1S/C39H59N5O4/c1-30(40-5)37(47)42-36(39(2,3)4)38(48)44-27-16-21-33(44)29-43(28-25-32-19-12-9-13-20-32)35(46)23-15-7-6-14-22-34(45)41-26-24-31-17-10-8-11-18-31/h8-13,17-20,30,33,36,40H,6-7,14-16,21-29H2,1-5H3,(H,41,45)(H,42,47)/t30-,33-,36+/m0/s1. The molecule has 1 fully saturated rings. The highest BCUT2D eigenvalue weighted by Gasteiger charge is 2.40. The Bertz CT molecular complexity index is 1280. The molecule has 3 N–H and O–H groups in total. The van der Waals surface area contributed by atoms with Crippen molar-refractivity contribution in [2.45, 2.75) is 110 Å². The zero-order valence-electron chi connectivity index (χ0n) is 29.9. The number of hydrogen-bond acceptors (Lipinski definition) is 5. The Balaban J connectivity index is 1.53. The molecule has 2 aromatic rings. The summed E-state index contributed by atoms with van der Waals surface area (Å²) >= 11 is 0. The first-order chi connectivity index (χ1) is 23.0. The van der Waals surface area contributed by atoms with E-state index in [1.54, 1.807) is 14.0 Å². The van der Waals surface area contributed by atoms with Gasteiger partial charge >= 0.3 is 0 Å². The van der Waals surface area contributed by atoms with Gasteiger partial charge in [0, 0.05) is 45.1 Å². The number of unbranched alkanes of at least 4 members (excludes halogenated alkanes) is 3. The summed E-state index contributed by atoms with van der Waals surface area (Å²) < 4.78 is 0. The summed E-state index contributed by atoms with van der Waals surface area (Å²) in [4.78, 5) is 56.5. The second-order valence-corrected chi connectivity index (χ2v) is 14.2. The molecule has 0 spiro atoms. The van der Waals surface area contributed by atoms with E-state index in [1.807, 2.05) is 67.0 Å². The summed E-state index contributed by atoms with van der Waals surface area (Å²) in [6.07, 6.45) is 7.58. The number of likely N-dealkylation sites (N-methyl/N-ethyl adjacent to an activating group) is 1. The van der Waals surface area contributed by atoms with Crippen LogP contribution in [0.2, 0.25) is 0 Å². The molecule has 1 saturated heterocycles. The molecule has 0 saturated carbocycles. The zero-order valence-corrected chi connectivity index (χ0v) is 29.9. The smallest absolute Gasteiger partial charge is 0.246 e. The molecule has 0 unspecified atom stereocenters. The van der Waals surface area contributed by atoms with Gasteiger partial charge in [-0.25, -0.2) is 0 Å². The van der Waals surface area contributed by atoms with Gasteiger partial charge in [0.05, 0.1) is 6.04 Å². The monoisotopic (exact) mass is 661 g/mol. The fraction of sp³-hybridized carbons (Fsp3) is 0.590. The normalized spacial score (nSPS) is 15.9. The van der Waals surface area contributed by atoms with Crippen LogP contribution in [0.4, 0.5) is 0 Å². The van der Waals surface area contributed by atoms with Gasteiger partial charge in [-0.3, -0.25) is 19.2 Å².